The van der Waals surface area contributed by atoms with E-state index in [4.69, 9.17) is 46.9 Å². The fourth-order valence-electron chi connectivity index (χ4n) is 5.06. The van der Waals surface area contributed by atoms with Crippen LogP contribution in [0, 0.1) is 11.8 Å². The van der Waals surface area contributed by atoms with Crippen molar-refractivity contribution in [2.45, 2.75) is 103 Å². The Morgan fingerprint density at radius 1 is 1.15 bits per heavy atom. The van der Waals surface area contributed by atoms with E-state index in [1.807, 2.05) is 19.9 Å². The molecule has 1 saturated heterocycles. The van der Waals surface area contributed by atoms with Crippen LogP contribution in [-0.4, -0.2) is 49.0 Å². The molecule has 1 aliphatic heterocycles. The number of halogens is 2. The third-order valence-electron chi connectivity index (χ3n) is 6.92. The summed E-state index contributed by atoms with van der Waals surface area (Å²) in [4.78, 5) is 23.0. The predicted molar refractivity (Wildman–Crippen MR) is 151 cm³/mol. The molecule has 1 unspecified atom stereocenters. The monoisotopic (exact) mass is 584 g/mol. The molecule has 2 aliphatic rings. The maximum absolute atomic E-state index is 11.7. The van der Waals surface area contributed by atoms with Crippen LogP contribution in [0.2, 0.25) is 5.02 Å². The molecule has 9 heteroatoms. The third kappa shape index (κ3) is 11.3. The average molecular weight is 586 g/mol. The van der Waals surface area contributed by atoms with Gasteiger partial charge in [-0.1, -0.05) is 23.8 Å². The molecule has 1 saturated carbocycles. The van der Waals surface area contributed by atoms with Gasteiger partial charge in [-0.05, 0) is 88.5 Å². The van der Waals surface area contributed by atoms with Crippen molar-refractivity contribution < 1.29 is 33.3 Å². The highest BCUT2D eigenvalue weighted by molar-refractivity contribution is 6.30. The van der Waals surface area contributed by atoms with Gasteiger partial charge in [0, 0.05) is 36.3 Å². The van der Waals surface area contributed by atoms with E-state index in [0.29, 0.717) is 30.4 Å². The standard InChI is InChI=1S/C30H42Cl2O7/c1-20(2)38-29(34)11-7-5-4-6-10-25-26(28(17-27(25)32)39-30-12-8-9-13-35-30)19-37-24-15-22(14-23(31)16-24)18-36-21(3)33/h4,6,14-16,20,25-28,30H,5,7-13,17-19H2,1-3H3/t25-,26-,27-,28-,30?/m1/s1. The smallest absolute Gasteiger partial charge is 0.306 e. The molecule has 2 fully saturated rings. The summed E-state index contributed by atoms with van der Waals surface area (Å²) in [6.07, 6.45) is 10.4. The summed E-state index contributed by atoms with van der Waals surface area (Å²) in [7, 11) is 0. The van der Waals surface area contributed by atoms with Gasteiger partial charge in [0.1, 0.15) is 12.4 Å². The molecular weight excluding hydrogens is 543 g/mol. The largest absolute Gasteiger partial charge is 0.493 e. The molecule has 0 aromatic heterocycles. The molecule has 1 aliphatic carbocycles. The number of carbonyl (C=O) groups excluding carboxylic acids is 2. The Labute approximate surface area is 242 Å². The number of ether oxygens (including phenoxy) is 5. The van der Waals surface area contributed by atoms with Crippen LogP contribution in [0.1, 0.15) is 77.7 Å². The van der Waals surface area contributed by atoms with Crippen molar-refractivity contribution >= 4 is 35.1 Å². The van der Waals surface area contributed by atoms with E-state index in [1.54, 1.807) is 12.1 Å². The average Bonchev–Trinajstić information content (AvgIpc) is 3.16. The van der Waals surface area contributed by atoms with Gasteiger partial charge in [0.25, 0.3) is 0 Å². The van der Waals surface area contributed by atoms with E-state index in [9.17, 15) is 9.59 Å². The maximum atomic E-state index is 11.7. The molecule has 7 nitrogen and oxygen atoms in total. The van der Waals surface area contributed by atoms with Crippen LogP contribution in [0.5, 0.6) is 5.75 Å². The first-order valence-electron chi connectivity index (χ1n) is 14.0. The lowest BCUT2D eigenvalue weighted by Crippen LogP contribution is -2.34. The Kier molecular flexibility index (Phi) is 13.4. The molecule has 0 bridgehead atoms. The summed E-state index contributed by atoms with van der Waals surface area (Å²) in [6.45, 7) is 6.34. The third-order valence-corrected chi connectivity index (χ3v) is 7.64. The molecule has 0 amide bonds. The first-order valence-corrected chi connectivity index (χ1v) is 14.8. The van der Waals surface area contributed by atoms with Crippen molar-refractivity contribution in [2.75, 3.05) is 13.2 Å². The molecular formula is C30H42Cl2O7. The highest BCUT2D eigenvalue weighted by Gasteiger charge is 2.44. The number of hydrogen-bond donors (Lipinski definition) is 0. The Balaban J connectivity index is 1.61. The van der Waals surface area contributed by atoms with Gasteiger partial charge in [-0.3, -0.25) is 9.59 Å². The van der Waals surface area contributed by atoms with Gasteiger partial charge < -0.3 is 23.7 Å². The Bertz CT molecular complexity index is 945. The molecule has 1 aromatic carbocycles. The second-order valence-electron chi connectivity index (χ2n) is 10.6. The summed E-state index contributed by atoms with van der Waals surface area (Å²) in [6, 6.07) is 5.34. The molecule has 0 radical (unpaired) electrons. The zero-order valence-corrected chi connectivity index (χ0v) is 24.8. The summed E-state index contributed by atoms with van der Waals surface area (Å²) in [5.41, 5.74) is 0.759. The summed E-state index contributed by atoms with van der Waals surface area (Å²) < 4.78 is 28.8. The van der Waals surface area contributed by atoms with Crippen molar-refractivity contribution in [1.82, 2.24) is 0 Å². The minimum atomic E-state index is -0.354. The van der Waals surface area contributed by atoms with Crippen molar-refractivity contribution in [2.24, 2.45) is 11.8 Å². The zero-order valence-electron chi connectivity index (χ0n) is 23.2. The highest BCUT2D eigenvalue weighted by atomic mass is 35.5. The topological polar surface area (TPSA) is 80.3 Å². The van der Waals surface area contributed by atoms with Crippen LogP contribution in [0.4, 0.5) is 0 Å². The van der Waals surface area contributed by atoms with Crippen LogP contribution in [0.25, 0.3) is 0 Å². The van der Waals surface area contributed by atoms with Gasteiger partial charge in [-0.2, -0.15) is 0 Å². The lowest BCUT2D eigenvalue weighted by molar-refractivity contribution is -0.197. The van der Waals surface area contributed by atoms with Gasteiger partial charge in [0.2, 0.25) is 0 Å². The van der Waals surface area contributed by atoms with Crippen molar-refractivity contribution in [3.05, 3.63) is 40.9 Å². The molecule has 1 aromatic rings. The zero-order chi connectivity index (χ0) is 28.2. The minimum Gasteiger partial charge on any atom is -0.493 e. The lowest BCUT2D eigenvalue weighted by Gasteiger charge is -2.30. The second kappa shape index (κ2) is 16.5. The molecule has 39 heavy (non-hydrogen) atoms. The minimum absolute atomic E-state index is 0.0552. The maximum Gasteiger partial charge on any atom is 0.306 e. The predicted octanol–water partition coefficient (Wildman–Crippen LogP) is 7.01. The van der Waals surface area contributed by atoms with E-state index < -0.39 is 0 Å². The molecule has 5 atom stereocenters. The number of unbranched alkanes of at least 4 members (excludes halogenated alkanes) is 1. The Morgan fingerprint density at radius 3 is 2.69 bits per heavy atom. The lowest BCUT2D eigenvalue weighted by atomic mass is 9.91. The number of alkyl halides is 1. The van der Waals surface area contributed by atoms with E-state index in [2.05, 4.69) is 12.2 Å². The first-order chi connectivity index (χ1) is 18.7. The van der Waals surface area contributed by atoms with Crippen LogP contribution in [-0.2, 0) is 35.1 Å². The summed E-state index contributed by atoms with van der Waals surface area (Å²) in [5, 5.41) is 0.452. The van der Waals surface area contributed by atoms with Crippen LogP contribution >= 0.6 is 23.2 Å². The molecule has 0 N–H and O–H groups in total. The number of hydrogen-bond acceptors (Lipinski definition) is 7. The van der Waals surface area contributed by atoms with Gasteiger partial charge in [-0.15, -0.1) is 11.6 Å². The number of allylic oxidation sites excluding steroid dienone is 2. The van der Waals surface area contributed by atoms with Gasteiger partial charge in [-0.25, -0.2) is 0 Å². The van der Waals surface area contributed by atoms with E-state index in [1.165, 1.54) is 6.92 Å². The van der Waals surface area contributed by atoms with E-state index >= 15 is 0 Å². The summed E-state index contributed by atoms with van der Waals surface area (Å²) >= 11 is 13.2. The first kappa shape index (κ1) is 31.7. The SMILES string of the molecule is CC(=O)OCc1cc(Cl)cc(OC[C@@H]2[C@@H](CC=CCCCC(=O)OC(C)C)[C@H](Cl)C[C@H]2OC2CCCCO2)c1. The van der Waals surface area contributed by atoms with Crippen molar-refractivity contribution in [3.8, 4) is 5.75 Å². The fraction of sp³-hybridized carbons (Fsp3) is 0.667. The van der Waals surface area contributed by atoms with Gasteiger partial charge in [0.05, 0.1) is 18.8 Å². The van der Waals surface area contributed by atoms with Crippen LogP contribution in [0.15, 0.2) is 30.4 Å². The Hall–Kier alpha value is -1.80. The number of esters is 2. The Morgan fingerprint density at radius 2 is 1.97 bits per heavy atom. The fourth-order valence-corrected chi connectivity index (χ4v) is 5.77. The number of rotatable bonds is 14. The quantitative estimate of drug-likeness (QED) is 0.101. The van der Waals surface area contributed by atoms with Gasteiger partial charge >= 0.3 is 11.9 Å². The normalized spacial score (nSPS) is 25.2. The second-order valence-corrected chi connectivity index (χ2v) is 11.6. The summed E-state index contributed by atoms with van der Waals surface area (Å²) in [5.74, 6) is 0.307. The van der Waals surface area contributed by atoms with Crippen LogP contribution in [0.3, 0.4) is 0 Å². The number of benzene rings is 1. The van der Waals surface area contributed by atoms with Crippen LogP contribution < -0.4 is 4.74 Å². The van der Waals surface area contributed by atoms with Crippen molar-refractivity contribution in [1.29, 1.82) is 0 Å². The molecule has 218 valence electrons. The van der Waals surface area contributed by atoms with E-state index in [0.717, 1.165) is 50.5 Å². The van der Waals surface area contributed by atoms with E-state index in [-0.39, 0.29) is 54.3 Å². The molecule has 0 spiro atoms. The van der Waals surface area contributed by atoms with Gasteiger partial charge in [0.15, 0.2) is 6.29 Å². The van der Waals surface area contributed by atoms with Crippen molar-refractivity contribution in [3.63, 3.8) is 0 Å². The molecule has 3 rings (SSSR count). The highest BCUT2D eigenvalue weighted by Crippen LogP contribution is 2.42. The number of carbonyl (C=O) groups is 2. The molecule has 1 heterocycles.